The molecule has 0 aromatic heterocycles. The van der Waals surface area contributed by atoms with Gasteiger partial charge in [0.15, 0.2) is 0 Å². The lowest BCUT2D eigenvalue weighted by Gasteiger charge is -2.32. The monoisotopic (exact) mass is 348 g/mol. The van der Waals surface area contributed by atoms with Gasteiger partial charge in [0.25, 0.3) is 0 Å². The van der Waals surface area contributed by atoms with E-state index >= 15 is 0 Å². The molecule has 1 saturated carbocycles. The number of carbonyl (C=O) groups excluding carboxylic acids is 1. The summed E-state index contributed by atoms with van der Waals surface area (Å²) >= 11 is 0. The van der Waals surface area contributed by atoms with Crippen LogP contribution >= 0.6 is 0 Å². The predicted molar refractivity (Wildman–Crippen MR) is 106 cm³/mol. The van der Waals surface area contributed by atoms with Crippen molar-refractivity contribution in [3.63, 3.8) is 0 Å². The topological polar surface area (TPSA) is 32.3 Å². The van der Waals surface area contributed by atoms with Gasteiger partial charge in [-0.25, -0.2) is 0 Å². The highest BCUT2D eigenvalue weighted by molar-refractivity contribution is 5.81. The molecule has 3 heteroatoms. The van der Waals surface area contributed by atoms with Gasteiger partial charge in [0.05, 0.1) is 0 Å². The molecule has 0 radical (unpaired) electrons. The van der Waals surface area contributed by atoms with Gasteiger partial charge in [-0.1, -0.05) is 42.5 Å². The van der Waals surface area contributed by atoms with Gasteiger partial charge in [0, 0.05) is 31.6 Å². The normalized spacial score (nSPS) is 18.1. The Balaban J connectivity index is 1.32. The van der Waals surface area contributed by atoms with Crippen molar-refractivity contribution in [3.8, 4) is 11.1 Å². The number of benzene rings is 2. The van der Waals surface area contributed by atoms with Crippen molar-refractivity contribution in [2.24, 2.45) is 5.92 Å². The molecule has 1 amide bonds. The van der Waals surface area contributed by atoms with Crippen molar-refractivity contribution in [2.45, 2.75) is 45.2 Å². The molecule has 2 aromatic rings. The summed E-state index contributed by atoms with van der Waals surface area (Å²) in [6, 6.07) is 17.9. The first kappa shape index (κ1) is 17.3. The first-order chi connectivity index (χ1) is 12.7. The van der Waals surface area contributed by atoms with E-state index in [1.165, 1.54) is 22.3 Å². The predicted octanol–water partition coefficient (Wildman–Crippen LogP) is 4.15. The fraction of sp³-hybridized carbons (Fsp3) is 0.435. The fourth-order valence-corrected chi connectivity index (χ4v) is 3.90. The van der Waals surface area contributed by atoms with Crippen molar-refractivity contribution in [1.29, 1.82) is 0 Å². The number of piperidine rings is 1. The number of nitrogens with one attached hydrogen (secondary N) is 1. The second kappa shape index (κ2) is 7.63. The van der Waals surface area contributed by atoms with Crippen LogP contribution in [0, 0.1) is 12.8 Å². The molecule has 2 fully saturated rings. The van der Waals surface area contributed by atoms with Crippen LogP contribution in [0.2, 0.25) is 0 Å². The number of carbonyl (C=O) groups is 1. The van der Waals surface area contributed by atoms with E-state index in [1.807, 2.05) is 0 Å². The van der Waals surface area contributed by atoms with Gasteiger partial charge in [-0.15, -0.1) is 0 Å². The lowest BCUT2D eigenvalue weighted by atomic mass is 9.98. The summed E-state index contributed by atoms with van der Waals surface area (Å²) in [5, 5.41) is 3.70. The number of rotatable bonds is 5. The van der Waals surface area contributed by atoms with E-state index in [0.29, 0.717) is 17.9 Å². The Hall–Kier alpha value is -2.13. The standard InChI is InChI=1S/C23H28N2O/c1-17-5-2-3-8-22(17)20-7-4-6-18(15-20)16-24-21-11-13-25(14-12-21)23(26)19-9-10-19/h2-8,15,19,21,24H,9-14,16H2,1H3. The smallest absolute Gasteiger partial charge is 0.225 e. The third-order valence-electron chi connectivity index (χ3n) is 5.71. The molecule has 3 nitrogen and oxygen atoms in total. The SMILES string of the molecule is Cc1ccccc1-c1cccc(CNC2CCN(C(=O)C3CC3)CC2)c1. The largest absolute Gasteiger partial charge is 0.342 e. The maximum atomic E-state index is 12.2. The highest BCUT2D eigenvalue weighted by atomic mass is 16.2. The molecule has 1 saturated heterocycles. The molecular formula is C23H28N2O. The lowest BCUT2D eigenvalue weighted by Crippen LogP contribution is -2.45. The molecular weight excluding hydrogens is 320 g/mol. The van der Waals surface area contributed by atoms with Crippen molar-refractivity contribution >= 4 is 5.91 Å². The molecule has 0 bridgehead atoms. The molecule has 136 valence electrons. The molecule has 1 heterocycles. The zero-order chi connectivity index (χ0) is 17.9. The van der Waals surface area contributed by atoms with Crippen LogP contribution < -0.4 is 5.32 Å². The zero-order valence-electron chi connectivity index (χ0n) is 15.6. The summed E-state index contributed by atoms with van der Waals surface area (Å²) in [5.41, 5.74) is 5.22. The maximum Gasteiger partial charge on any atom is 0.225 e. The van der Waals surface area contributed by atoms with Crippen LogP contribution in [0.5, 0.6) is 0 Å². The number of nitrogens with zero attached hydrogens (tertiary/aromatic N) is 1. The van der Waals surface area contributed by atoms with Crippen molar-refractivity contribution in [2.75, 3.05) is 13.1 Å². The Morgan fingerprint density at radius 3 is 2.54 bits per heavy atom. The summed E-state index contributed by atoms with van der Waals surface area (Å²) in [6.07, 6.45) is 4.34. The molecule has 1 aliphatic heterocycles. The van der Waals surface area contributed by atoms with Gasteiger partial charge in [0.1, 0.15) is 0 Å². The number of aryl methyl sites for hydroxylation is 1. The van der Waals surface area contributed by atoms with E-state index in [0.717, 1.165) is 45.3 Å². The minimum Gasteiger partial charge on any atom is -0.342 e. The fourth-order valence-electron chi connectivity index (χ4n) is 3.90. The van der Waals surface area contributed by atoms with Crippen LogP contribution in [0.4, 0.5) is 0 Å². The Kier molecular flexibility index (Phi) is 5.07. The molecule has 0 spiro atoms. The Morgan fingerprint density at radius 2 is 1.81 bits per heavy atom. The van der Waals surface area contributed by atoms with Crippen LogP contribution in [-0.4, -0.2) is 29.9 Å². The molecule has 2 aliphatic rings. The van der Waals surface area contributed by atoms with Gasteiger partial charge in [-0.3, -0.25) is 4.79 Å². The van der Waals surface area contributed by atoms with E-state index in [1.54, 1.807) is 0 Å². The van der Waals surface area contributed by atoms with Crippen molar-refractivity contribution in [1.82, 2.24) is 10.2 Å². The third-order valence-corrected chi connectivity index (χ3v) is 5.71. The summed E-state index contributed by atoms with van der Waals surface area (Å²) in [7, 11) is 0. The lowest BCUT2D eigenvalue weighted by molar-refractivity contribution is -0.133. The second-order valence-electron chi connectivity index (χ2n) is 7.77. The average Bonchev–Trinajstić information content (AvgIpc) is 3.52. The van der Waals surface area contributed by atoms with E-state index in [-0.39, 0.29) is 0 Å². The first-order valence-electron chi connectivity index (χ1n) is 9.88. The van der Waals surface area contributed by atoms with Crippen LogP contribution in [0.3, 0.4) is 0 Å². The van der Waals surface area contributed by atoms with Crippen LogP contribution in [0.25, 0.3) is 11.1 Å². The van der Waals surface area contributed by atoms with Gasteiger partial charge >= 0.3 is 0 Å². The minimum absolute atomic E-state index is 0.351. The third kappa shape index (κ3) is 3.99. The minimum atomic E-state index is 0.351. The maximum absolute atomic E-state index is 12.2. The van der Waals surface area contributed by atoms with Gasteiger partial charge in [-0.2, -0.15) is 0 Å². The van der Waals surface area contributed by atoms with E-state index in [9.17, 15) is 4.79 Å². The summed E-state index contributed by atoms with van der Waals surface area (Å²) in [6.45, 7) is 4.88. The van der Waals surface area contributed by atoms with Crippen LogP contribution in [-0.2, 0) is 11.3 Å². The van der Waals surface area contributed by atoms with E-state index in [2.05, 4.69) is 65.7 Å². The van der Waals surface area contributed by atoms with E-state index < -0.39 is 0 Å². The van der Waals surface area contributed by atoms with Gasteiger partial charge < -0.3 is 10.2 Å². The first-order valence-corrected chi connectivity index (χ1v) is 9.88. The second-order valence-corrected chi connectivity index (χ2v) is 7.77. The van der Waals surface area contributed by atoms with Crippen LogP contribution in [0.1, 0.15) is 36.8 Å². The highest BCUT2D eigenvalue weighted by Crippen LogP contribution is 2.32. The molecule has 1 aliphatic carbocycles. The number of hydrogen-bond donors (Lipinski definition) is 1. The van der Waals surface area contributed by atoms with Crippen molar-refractivity contribution < 1.29 is 4.79 Å². The molecule has 0 atom stereocenters. The quantitative estimate of drug-likeness (QED) is 0.880. The summed E-state index contributed by atoms with van der Waals surface area (Å²) in [4.78, 5) is 14.2. The Labute approximate surface area is 156 Å². The highest BCUT2D eigenvalue weighted by Gasteiger charge is 2.34. The number of hydrogen-bond acceptors (Lipinski definition) is 2. The van der Waals surface area contributed by atoms with Crippen molar-refractivity contribution in [3.05, 3.63) is 59.7 Å². The Bertz CT molecular complexity index is 773. The number of likely N-dealkylation sites (tertiary alicyclic amines) is 1. The zero-order valence-corrected chi connectivity index (χ0v) is 15.6. The molecule has 1 N–H and O–H groups in total. The molecule has 4 rings (SSSR count). The summed E-state index contributed by atoms with van der Waals surface area (Å²) in [5.74, 6) is 0.748. The molecule has 2 aromatic carbocycles. The average molecular weight is 348 g/mol. The molecule has 0 unspecified atom stereocenters. The van der Waals surface area contributed by atoms with Crippen LogP contribution in [0.15, 0.2) is 48.5 Å². The van der Waals surface area contributed by atoms with Gasteiger partial charge in [-0.05, 0) is 60.9 Å². The van der Waals surface area contributed by atoms with Gasteiger partial charge in [0.2, 0.25) is 5.91 Å². The van der Waals surface area contributed by atoms with E-state index in [4.69, 9.17) is 0 Å². The number of amides is 1. The summed E-state index contributed by atoms with van der Waals surface area (Å²) < 4.78 is 0. The Morgan fingerprint density at radius 1 is 1.04 bits per heavy atom. The molecule has 26 heavy (non-hydrogen) atoms.